The van der Waals surface area contributed by atoms with E-state index in [4.69, 9.17) is 15.2 Å². The summed E-state index contributed by atoms with van der Waals surface area (Å²) in [4.78, 5) is 8.72. The maximum absolute atomic E-state index is 6.02. The number of hydrogen-bond acceptors (Lipinski definition) is 8. The lowest BCUT2D eigenvalue weighted by Gasteiger charge is -2.11. The highest BCUT2D eigenvalue weighted by molar-refractivity contribution is 5.91. The van der Waals surface area contributed by atoms with Crippen LogP contribution < -0.4 is 20.5 Å². The molecule has 0 spiro atoms. The molecule has 0 unspecified atom stereocenters. The molecule has 3 N–H and O–H groups in total. The van der Waals surface area contributed by atoms with Gasteiger partial charge in [-0.1, -0.05) is 5.21 Å². The third-order valence-electron chi connectivity index (χ3n) is 3.33. The lowest BCUT2D eigenvalue weighted by Crippen LogP contribution is -2.13. The normalized spacial score (nSPS) is 10.7. The standard InChI is InChI=1S/C14H17N7O2/c1-22-11-7-9-10(8-12(11)23-2)18-14(19-13(9)15)16-3-5-21-6-4-17-20-21/h4,6-8H,3,5H2,1-2H3,(H3,15,16,18,19). The quantitative estimate of drug-likeness (QED) is 0.691. The van der Waals surface area contributed by atoms with E-state index in [0.717, 1.165) is 0 Å². The topological polar surface area (TPSA) is 113 Å². The first-order chi connectivity index (χ1) is 11.2. The fourth-order valence-corrected chi connectivity index (χ4v) is 2.19. The molecule has 23 heavy (non-hydrogen) atoms. The number of nitrogen functional groups attached to an aromatic ring is 1. The number of ether oxygens (including phenoxy) is 2. The number of aromatic nitrogens is 5. The van der Waals surface area contributed by atoms with Crippen molar-refractivity contribution >= 4 is 22.7 Å². The highest BCUT2D eigenvalue weighted by Crippen LogP contribution is 2.33. The van der Waals surface area contributed by atoms with Crippen molar-refractivity contribution in [3.8, 4) is 11.5 Å². The van der Waals surface area contributed by atoms with Crippen molar-refractivity contribution < 1.29 is 9.47 Å². The van der Waals surface area contributed by atoms with Crippen LogP contribution in [0.4, 0.5) is 11.8 Å². The number of benzene rings is 1. The van der Waals surface area contributed by atoms with Crippen LogP contribution in [0.2, 0.25) is 0 Å². The number of hydrogen-bond donors (Lipinski definition) is 2. The lowest BCUT2D eigenvalue weighted by atomic mass is 10.2. The SMILES string of the molecule is COc1cc2nc(NCCn3ccnn3)nc(N)c2cc1OC. The Hall–Kier alpha value is -3.10. The Morgan fingerprint density at radius 2 is 1.96 bits per heavy atom. The van der Waals surface area contributed by atoms with Gasteiger partial charge in [-0.25, -0.2) is 4.98 Å². The first-order valence-electron chi connectivity index (χ1n) is 6.98. The maximum atomic E-state index is 6.02. The van der Waals surface area contributed by atoms with Crippen LogP contribution in [0.1, 0.15) is 0 Å². The molecule has 120 valence electrons. The third kappa shape index (κ3) is 3.07. The molecule has 3 aromatic rings. The second-order valence-corrected chi connectivity index (χ2v) is 4.75. The molecule has 9 heteroatoms. The molecule has 0 atom stereocenters. The van der Waals surface area contributed by atoms with Crippen LogP contribution >= 0.6 is 0 Å². The van der Waals surface area contributed by atoms with Gasteiger partial charge in [-0.2, -0.15) is 4.98 Å². The van der Waals surface area contributed by atoms with Crippen LogP contribution in [0.15, 0.2) is 24.5 Å². The van der Waals surface area contributed by atoms with Crippen LogP contribution in [-0.2, 0) is 6.54 Å². The van der Waals surface area contributed by atoms with E-state index >= 15 is 0 Å². The van der Waals surface area contributed by atoms with Gasteiger partial charge < -0.3 is 20.5 Å². The van der Waals surface area contributed by atoms with Gasteiger partial charge in [0.25, 0.3) is 0 Å². The highest BCUT2D eigenvalue weighted by atomic mass is 16.5. The number of nitrogens with zero attached hydrogens (tertiary/aromatic N) is 5. The van der Waals surface area contributed by atoms with Gasteiger partial charge in [-0.05, 0) is 6.07 Å². The van der Waals surface area contributed by atoms with E-state index in [9.17, 15) is 0 Å². The summed E-state index contributed by atoms with van der Waals surface area (Å²) in [6, 6.07) is 3.54. The van der Waals surface area contributed by atoms with Crippen LogP contribution in [0, 0.1) is 0 Å². The first-order valence-corrected chi connectivity index (χ1v) is 6.98. The molecule has 2 aromatic heterocycles. The van der Waals surface area contributed by atoms with E-state index in [2.05, 4.69) is 25.6 Å². The molecule has 0 radical (unpaired) electrons. The van der Waals surface area contributed by atoms with Gasteiger partial charge in [0.05, 0.1) is 32.5 Å². The summed E-state index contributed by atoms with van der Waals surface area (Å²) in [6.07, 6.45) is 3.42. The van der Waals surface area contributed by atoms with E-state index in [1.54, 1.807) is 43.4 Å². The number of methoxy groups -OCH3 is 2. The Bertz CT molecular complexity index is 804. The van der Waals surface area contributed by atoms with E-state index < -0.39 is 0 Å². The van der Waals surface area contributed by atoms with Gasteiger partial charge >= 0.3 is 0 Å². The molecular formula is C14H17N7O2. The van der Waals surface area contributed by atoms with E-state index in [1.807, 2.05) is 0 Å². The predicted octanol–water partition coefficient (Wildman–Crippen LogP) is 0.933. The molecule has 0 aliphatic rings. The number of rotatable bonds is 6. The molecule has 0 saturated heterocycles. The Balaban J connectivity index is 1.84. The van der Waals surface area contributed by atoms with Crippen LogP contribution in [-0.4, -0.2) is 45.7 Å². The van der Waals surface area contributed by atoms with Crippen molar-refractivity contribution in [3.63, 3.8) is 0 Å². The zero-order valence-corrected chi connectivity index (χ0v) is 12.9. The predicted molar refractivity (Wildman–Crippen MR) is 85.6 cm³/mol. The first kappa shape index (κ1) is 14.8. The van der Waals surface area contributed by atoms with Gasteiger partial charge in [0.2, 0.25) is 5.95 Å². The van der Waals surface area contributed by atoms with Gasteiger partial charge in [0, 0.05) is 24.2 Å². The molecule has 2 heterocycles. The third-order valence-corrected chi connectivity index (χ3v) is 3.33. The summed E-state index contributed by atoms with van der Waals surface area (Å²) in [7, 11) is 3.15. The van der Waals surface area contributed by atoms with E-state index in [1.165, 1.54) is 0 Å². The van der Waals surface area contributed by atoms with Crippen molar-refractivity contribution in [2.45, 2.75) is 6.54 Å². The average Bonchev–Trinajstić information content (AvgIpc) is 3.07. The van der Waals surface area contributed by atoms with Gasteiger partial charge in [-0.3, -0.25) is 4.68 Å². The molecular weight excluding hydrogens is 298 g/mol. The lowest BCUT2D eigenvalue weighted by molar-refractivity contribution is 0.356. The zero-order valence-electron chi connectivity index (χ0n) is 12.9. The highest BCUT2D eigenvalue weighted by Gasteiger charge is 2.11. The summed E-state index contributed by atoms with van der Waals surface area (Å²) >= 11 is 0. The summed E-state index contributed by atoms with van der Waals surface area (Å²) in [5.41, 5.74) is 6.70. The summed E-state index contributed by atoms with van der Waals surface area (Å²) in [5, 5.41) is 11.5. The summed E-state index contributed by atoms with van der Waals surface area (Å²) in [6.45, 7) is 1.24. The molecule has 0 bridgehead atoms. The van der Waals surface area contributed by atoms with Crippen molar-refractivity contribution in [1.29, 1.82) is 0 Å². The van der Waals surface area contributed by atoms with Gasteiger partial charge in [0.1, 0.15) is 5.82 Å². The molecule has 1 aromatic carbocycles. The molecule has 0 aliphatic carbocycles. The summed E-state index contributed by atoms with van der Waals surface area (Å²) < 4.78 is 12.3. The maximum Gasteiger partial charge on any atom is 0.225 e. The largest absolute Gasteiger partial charge is 0.493 e. The number of nitrogens with one attached hydrogen (secondary N) is 1. The number of anilines is 2. The Morgan fingerprint density at radius 3 is 2.65 bits per heavy atom. The molecule has 3 rings (SSSR count). The van der Waals surface area contributed by atoms with Crippen molar-refractivity contribution in [1.82, 2.24) is 25.0 Å². The average molecular weight is 315 g/mol. The fourth-order valence-electron chi connectivity index (χ4n) is 2.19. The van der Waals surface area contributed by atoms with Gasteiger partial charge in [-0.15, -0.1) is 5.10 Å². The molecule has 0 fully saturated rings. The summed E-state index contributed by atoms with van der Waals surface area (Å²) in [5.74, 6) is 2.00. The fraction of sp³-hybridized carbons (Fsp3) is 0.286. The van der Waals surface area contributed by atoms with Crippen molar-refractivity contribution in [2.24, 2.45) is 0 Å². The van der Waals surface area contributed by atoms with Crippen LogP contribution in [0.25, 0.3) is 10.9 Å². The minimum atomic E-state index is 0.374. The molecule has 0 saturated carbocycles. The molecule has 0 aliphatic heterocycles. The smallest absolute Gasteiger partial charge is 0.225 e. The van der Waals surface area contributed by atoms with Crippen molar-refractivity contribution in [2.75, 3.05) is 31.8 Å². The van der Waals surface area contributed by atoms with Crippen LogP contribution in [0.5, 0.6) is 11.5 Å². The Morgan fingerprint density at radius 1 is 1.17 bits per heavy atom. The minimum absolute atomic E-state index is 0.374. The monoisotopic (exact) mass is 315 g/mol. The number of fused-ring (bicyclic) bond motifs is 1. The second-order valence-electron chi connectivity index (χ2n) is 4.75. The van der Waals surface area contributed by atoms with E-state index in [-0.39, 0.29) is 0 Å². The zero-order chi connectivity index (χ0) is 16.2. The van der Waals surface area contributed by atoms with Crippen molar-refractivity contribution in [3.05, 3.63) is 24.5 Å². The van der Waals surface area contributed by atoms with Gasteiger partial charge in [0.15, 0.2) is 11.5 Å². The Labute approximate surface area is 132 Å². The number of nitrogens with two attached hydrogens (primary N) is 1. The van der Waals surface area contributed by atoms with Crippen LogP contribution in [0.3, 0.4) is 0 Å². The second kappa shape index (κ2) is 6.34. The molecule has 0 amide bonds. The Kier molecular flexibility index (Phi) is 4.09. The molecule has 9 nitrogen and oxygen atoms in total. The van der Waals surface area contributed by atoms with E-state index in [0.29, 0.717) is 47.3 Å². The minimum Gasteiger partial charge on any atom is -0.493 e.